The van der Waals surface area contributed by atoms with Crippen LogP contribution in [-0.2, 0) is 20.9 Å². The average molecular weight is 433 g/mol. The van der Waals surface area contributed by atoms with Crippen LogP contribution in [0.15, 0.2) is 53.0 Å². The van der Waals surface area contributed by atoms with Gasteiger partial charge in [-0.2, -0.15) is 0 Å². The van der Waals surface area contributed by atoms with Gasteiger partial charge in [0.2, 0.25) is 0 Å². The molecule has 2 aromatic rings. The molecule has 1 atom stereocenters. The van der Waals surface area contributed by atoms with E-state index in [1.165, 1.54) is 12.0 Å². The van der Waals surface area contributed by atoms with Crippen molar-refractivity contribution < 1.29 is 23.9 Å². The van der Waals surface area contributed by atoms with Crippen molar-refractivity contribution in [3.63, 3.8) is 0 Å². The summed E-state index contributed by atoms with van der Waals surface area (Å²) in [5.41, 5.74) is 1.73. The number of carbonyl (C=O) groups excluding carboxylic acids is 3. The van der Waals surface area contributed by atoms with Crippen molar-refractivity contribution in [2.24, 2.45) is 0 Å². The molecule has 1 aliphatic rings. The number of rotatable bonds is 5. The number of hydrogen-bond donors (Lipinski definition) is 1. The van der Waals surface area contributed by atoms with Crippen LogP contribution in [0.2, 0.25) is 0 Å². The van der Waals surface area contributed by atoms with E-state index in [4.69, 9.17) is 9.47 Å². The third-order valence-corrected chi connectivity index (χ3v) is 4.51. The van der Waals surface area contributed by atoms with Gasteiger partial charge in [0.1, 0.15) is 12.6 Å². The zero-order valence-electron chi connectivity index (χ0n) is 14.5. The molecule has 0 radical (unpaired) electrons. The monoisotopic (exact) mass is 432 g/mol. The molecule has 1 heterocycles. The zero-order chi connectivity index (χ0) is 19.4. The number of amides is 2. The standard InChI is InChI=1S/C19H17BrN2O5/c1-26-18(24)13-7-14(20)9-15(8-13)22-10-16(17(22)23)21-19(25)27-11-12-5-3-2-4-6-12/h2-9,16H,10-11H2,1H3,(H,21,25). The Morgan fingerprint density at radius 1 is 1.22 bits per heavy atom. The minimum absolute atomic E-state index is 0.130. The third kappa shape index (κ3) is 4.46. The first-order valence-electron chi connectivity index (χ1n) is 8.15. The van der Waals surface area contributed by atoms with Gasteiger partial charge in [-0.05, 0) is 23.8 Å². The summed E-state index contributed by atoms with van der Waals surface area (Å²) in [6, 6.07) is 13.5. The second kappa shape index (κ2) is 8.22. The van der Waals surface area contributed by atoms with Crippen molar-refractivity contribution in [2.45, 2.75) is 12.6 Å². The summed E-state index contributed by atoms with van der Waals surface area (Å²) in [5, 5.41) is 2.54. The van der Waals surface area contributed by atoms with Crippen LogP contribution in [0, 0.1) is 0 Å². The highest BCUT2D eigenvalue weighted by molar-refractivity contribution is 9.10. The van der Waals surface area contributed by atoms with Crippen molar-refractivity contribution in [3.05, 3.63) is 64.1 Å². The number of hydrogen-bond acceptors (Lipinski definition) is 5. The van der Waals surface area contributed by atoms with Gasteiger partial charge in [0.05, 0.1) is 19.2 Å². The predicted octanol–water partition coefficient (Wildman–Crippen LogP) is 2.88. The lowest BCUT2D eigenvalue weighted by Gasteiger charge is -2.38. The first kappa shape index (κ1) is 18.9. The number of alkyl carbamates (subject to hydrolysis) is 1. The quantitative estimate of drug-likeness (QED) is 0.579. The molecule has 0 bridgehead atoms. The number of nitrogens with one attached hydrogen (secondary N) is 1. The Hall–Kier alpha value is -2.87. The summed E-state index contributed by atoms with van der Waals surface area (Å²) < 4.78 is 10.5. The zero-order valence-corrected chi connectivity index (χ0v) is 16.1. The molecule has 27 heavy (non-hydrogen) atoms. The molecule has 8 heteroatoms. The summed E-state index contributed by atoms with van der Waals surface area (Å²) in [4.78, 5) is 37.4. The minimum atomic E-state index is -0.658. The predicted molar refractivity (Wildman–Crippen MR) is 101 cm³/mol. The summed E-state index contributed by atoms with van der Waals surface area (Å²) in [5.74, 6) is -0.773. The van der Waals surface area contributed by atoms with Gasteiger partial charge in [-0.1, -0.05) is 46.3 Å². The molecular weight excluding hydrogens is 416 g/mol. The molecule has 0 aromatic heterocycles. The van der Waals surface area contributed by atoms with Crippen LogP contribution in [0.25, 0.3) is 0 Å². The SMILES string of the molecule is COC(=O)c1cc(Br)cc(N2CC(NC(=O)OCc3ccccc3)C2=O)c1. The number of methoxy groups -OCH3 is 1. The number of anilines is 1. The number of benzene rings is 2. The first-order valence-corrected chi connectivity index (χ1v) is 8.94. The van der Waals surface area contributed by atoms with Crippen molar-refractivity contribution >= 4 is 39.6 Å². The van der Waals surface area contributed by atoms with E-state index in [0.717, 1.165) is 5.56 Å². The van der Waals surface area contributed by atoms with Gasteiger partial charge in [0.25, 0.3) is 5.91 Å². The molecule has 1 fully saturated rings. The summed E-state index contributed by atoms with van der Waals surface area (Å²) in [6.07, 6.45) is -0.652. The molecule has 0 aliphatic carbocycles. The molecule has 0 saturated carbocycles. The molecule has 2 amide bonds. The van der Waals surface area contributed by atoms with Crippen molar-refractivity contribution in [3.8, 4) is 0 Å². The highest BCUT2D eigenvalue weighted by atomic mass is 79.9. The molecule has 1 saturated heterocycles. The van der Waals surface area contributed by atoms with E-state index in [0.29, 0.717) is 15.7 Å². The molecule has 1 aliphatic heterocycles. The lowest BCUT2D eigenvalue weighted by atomic mass is 10.1. The van der Waals surface area contributed by atoms with Crippen LogP contribution >= 0.6 is 15.9 Å². The van der Waals surface area contributed by atoms with Crippen LogP contribution in [0.4, 0.5) is 10.5 Å². The largest absolute Gasteiger partial charge is 0.465 e. The van der Waals surface area contributed by atoms with E-state index in [1.807, 2.05) is 30.3 Å². The van der Waals surface area contributed by atoms with E-state index in [-0.39, 0.29) is 19.1 Å². The van der Waals surface area contributed by atoms with Crippen molar-refractivity contribution in [1.29, 1.82) is 0 Å². The van der Waals surface area contributed by atoms with Crippen LogP contribution in [-0.4, -0.2) is 37.7 Å². The average Bonchev–Trinajstić information content (AvgIpc) is 2.68. The minimum Gasteiger partial charge on any atom is -0.465 e. The Kier molecular flexibility index (Phi) is 5.75. The van der Waals surface area contributed by atoms with Gasteiger partial charge < -0.3 is 19.7 Å². The molecule has 7 nitrogen and oxygen atoms in total. The lowest BCUT2D eigenvalue weighted by Crippen LogP contribution is -2.64. The number of halogens is 1. The maximum absolute atomic E-state index is 12.4. The number of carbonyl (C=O) groups is 3. The van der Waals surface area contributed by atoms with E-state index >= 15 is 0 Å². The van der Waals surface area contributed by atoms with Gasteiger partial charge in [-0.25, -0.2) is 9.59 Å². The van der Waals surface area contributed by atoms with Crippen molar-refractivity contribution in [2.75, 3.05) is 18.6 Å². The smallest absolute Gasteiger partial charge is 0.408 e. The fourth-order valence-corrected chi connectivity index (χ4v) is 3.12. The van der Waals surface area contributed by atoms with Crippen LogP contribution in [0.3, 0.4) is 0 Å². The molecule has 2 aromatic carbocycles. The van der Waals surface area contributed by atoms with Gasteiger partial charge in [0.15, 0.2) is 0 Å². The maximum Gasteiger partial charge on any atom is 0.408 e. The number of ether oxygens (including phenoxy) is 2. The maximum atomic E-state index is 12.4. The Bertz CT molecular complexity index is 872. The number of nitrogens with zero attached hydrogens (tertiary/aromatic N) is 1. The van der Waals surface area contributed by atoms with Gasteiger partial charge in [-0.3, -0.25) is 4.79 Å². The van der Waals surface area contributed by atoms with E-state index in [2.05, 4.69) is 21.2 Å². The molecule has 3 rings (SSSR count). The fourth-order valence-electron chi connectivity index (χ4n) is 2.64. The Balaban J connectivity index is 1.56. The second-order valence-electron chi connectivity index (χ2n) is 5.90. The van der Waals surface area contributed by atoms with E-state index in [1.54, 1.807) is 18.2 Å². The number of esters is 1. The van der Waals surface area contributed by atoms with Gasteiger partial charge in [-0.15, -0.1) is 0 Å². The third-order valence-electron chi connectivity index (χ3n) is 4.05. The highest BCUT2D eigenvalue weighted by Crippen LogP contribution is 2.27. The Morgan fingerprint density at radius 2 is 1.96 bits per heavy atom. The Labute approximate surface area is 164 Å². The summed E-state index contributed by atoms with van der Waals surface area (Å²) in [6.45, 7) is 0.418. The first-order chi connectivity index (χ1) is 13.0. The van der Waals surface area contributed by atoms with Crippen LogP contribution < -0.4 is 10.2 Å². The lowest BCUT2D eigenvalue weighted by molar-refractivity contribution is -0.124. The summed E-state index contributed by atoms with van der Waals surface area (Å²) >= 11 is 3.31. The van der Waals surface area contributed by atoms with Gasteiger partial charge >= 0.3 is 12.1 Å². The second-order valence-corrected chi connectivity index (χ2v) is 6.81. The molecule has 1 unspecified atom stereocenters. The normalized spacial score (nSPS) is 15.7. The molecule has 140 valence electrons. The topological polar surface area (TPSA) is 84.9 Å². The van der Waals surface area contributed by atoms with E-state index in [9.17, 15) is 14.4 Å². The fraction of sp³-hybridized carbons (Fsp3) is 0.211. The molecule has 0 spiro atoms. The van der Waals surface area contributed by atoms with Crippen LogP contribution in [0.5, 0.6) is 0 Å². The summed E-state index contributed by atoms with van der Waals surface area (Å²) in [7, 11) is 1.29. The highest BCUT2D eigenvalue weighted by Gasteiger charge is 2.39. The van der Waals surface area contributed by atoms with Crippen molar-refractivity contribution in [1.82, 2.24) is 5.32 Å². The van der Waals surface area contributed by atoms with E-state index < -0.39 is 18.1 Å². The molecule has 1 N–H and O–H groups in total. The molecular formula is C19H17BrN2O5. The number of β-lactam (4-membered cyclic amide) rings is 1. The van der Waals surface area contributed by atoms with Gasteiger partial charge in [0, 0.05) is 10.2 Å². The Morgan fingerprint density at radius 3 is 2.63 bits per heavy atom. The van der Waals surface area contributed by atoms with Crippen LogP contribution in [0.1, 0.15) is 15.9 Å².